The third-order valence-corrected chi connectivity index (χ3v) is 3.36. The summed E-state index contributed by atoms with van der Waals surface area (Å²) >= 11 is 5.76. The number of carbonyl (C=O) groups excluding carboxylic acids is 1. The number of hydrogen-bond donors (Lipinski definition) is 3. The zero-order valence-corrected chi connectivity index (χ0v) is 14.1. The predicted molar refractivity (Wildman–Crippen MR) is 93.0 cm³/mol. The van der Waals surface area contributed by atoms with Crippen LogP contribution in [0.2, 0.25) is 5.15 Å². The number of hydrogen-bond acceptors (Lipinski definition) is 4. The molecule has 0 aromatic carbocycles. The fourth-order valence-electron chi connectivity index (χ4n) is 1.97. The quantitative estimate of drug-likeness (QED) is 0.401. The van der Waals surface area contributed by atoms with E-state index in [9.17, 15) is 4.79 Å². The minimum absolute atomic E-state index is 0.133. The number of rotatable bonds is 7. The van der Waals surface area contributed by atoms with E-state index in [0.29, 0.717) is 30.0 Å². The van der Waals surface area contributed by atoms with Gasteiger partial charge < -0.3 is 20.8 Å². The molecule has 0 aliphatic carbocycles. The molecule has 4 N–H and O–H groups in total. The van der Waals surface area contributed by atoms with Crippen LogP contribution in [-0.2, 0) is 13.0 Å². The smallest absolute Gasteiger partial charge is 0.284 e. The first kappa shape index (κ1) is 17.8. The first-order valence-corrected chi connectivity index (χ1v) is 7.97. The Morgan fingerprint density at radius 3 is 2.79 bits per heavy atom. The SMILES string of the molecule is CCNC(=NCc1ccc(C(N)=O)o1)NCCc1ccc(Cl)nc1. The largest absolute Gasteiger partial charge is 0.454 e. The van der Waals surface area contributed by atoms with Crippen LogP contribution in [0.5, 0.6) is 0 Å². The van der Waals surface area contributed by atoms with Crippen LogP contribution in [0.15, 0.2) is 39.9 Å². The van der Waals surface area contributed by atoms with Crippen LogP contribution >= 0.6 is 11.6 Å². The predicted octanol–water partition coefficient (Wildman–Crippen LogP) is 1.72. The Bertz CT molecular complexity index is 697. The lowest BCUT2D eigenvalue weighted by atomic mass is 10.2. The summed E-state index contributed by atoms with van der Waals surface area (Å²) < 4.78 is 5.30. The zero-order chi connectivity index (χ0) is 17.4. The van der Waals surface area contributed by atoms with E-state index < -0.39 is 5.91 Å². The summed E-state index contributed by atoms with van der Waals surface area (Å²) in [4.78, 5) is 19.5. The van der Waals surface area contributed by atoms with Crippen molar-refractivity contribution < 1.29 is 9.21 Å². The molecule has 0 spiro atoms. The molecule has 0 atom stereocenters. The van der Waals surface area contributed by atoms with Gasteiger partial charge in [0.15, 0.2) is 11.7 Å². The highest BCUT2D eigenvalue weighted by molar-refractivity contribution is 6.29. The molecule has 2 heterocycles. The Balaban J connectivity index is 1.87. The fourth-order valence-corrected chi connectivity index (χ4v) is 2.09. The molecule has 2 aromatic heterocycles. The molecule has 2 aromatic rings. The van der Waals surface area contributed by atoms with Crippen LogP contribution in [0.3, 0.4) is 0 Å². The maximum atomic E-state index is 11.0. The van der Waals surface area contributed by atoms with Gasteiger partial charge in [-0.05, 0) is 37.1 Å². The molecule has 24 heavy (non-hydrogen) atoms. The van der Waals surface area contributed by atoms with E-state index in [-0.39, 0.29) is 5.76 Å². The van der Waals surface area contributed by atoms with Crippen molar-refractivity contribution in [1.29, 1.82) is 0 Å². The second-order valence-corrected chi connectivity index (χ2v) is 5.38. The number of amides is 1. The zero-order valence-electron chi connectivity index (χ0n) is 13.4. The Morgan fingerprint density at radius 1 is 1.33 bits per heavy atom. The molecule has 8 heteroatoms. The average molecular weight is 350 g/mol. The first-order valence-electron chi connectivity index (χ1n) is 7.59. The number of carbonyl (C=O) groups is 1. The molecule has 0 bridgehead atoms. The monoisotopic (exact) mass is 349 g/mol. The van der Waals surface area contributed by atoms with Crippen LogP contribution in [-0.4, -0.2) is 29.9 Å². The lowest BCUT2D eigenvalue weighted by Crippen LogP contribution is -2.38. The minimum Gasteiger partial charge on any atom is -0.454 e. The van der Waals surface area contributed by atoms with Crippen molar-refractivity contribution in [2.45, 2.75) is 19.9 Å². The summed E-state index contributed by atoms with van der Waals surface area (Å²) in [6.45, 7) is 3.72. The molecule has 0 unspecified atom stereocenters. The van der Waals surface area contributed by atoms with Crippen LogP contribution in [0.1, 0.15) is 28.8 Å². The summed E-state index contributed by atoms with van der Waals surface area (Å²) in [6.07, 6.45) is 2.55. The highest BCUT2D eigenvalue weighted by Crippen LogP contribution is 2.08. The average Bonchev–Trinajstić information content (AvgIpc) is 3.04. The van der Waals surface area contributed by atoms with Crippen molar-refractivity contribution in [2.75, 3.05) is 13.1 Å². The standard InChI is InChI=1S/C16H20ClN5O2/c1-2-19-16(20-8-7-11-3-6-14(17)21-9-11)22-10-12-4-5-13(24-12)15(18)23/h3-6,9H,2,7-8,10H2,1H3,(H2,18,23)(H2,19,20,22). The first-order chi connectivity index (χ1) is 11.6. The van der Waals surface area contributed by atoms with Crippen molar-refractivity contribution in [1.82, 2.24) is 15.6 Å². The number of pyridine rings is 1. The van der Waals surface area contributed by atoms with Gasteiger partial charge in [0, 0.05) is 19.3 Å². The lowest BCUT2D eigenvalue weighted by molar-refractivity contribution is 0.0972. The van der Waals surface area contributed by atoms with Crippen LogP contribution in [0.25, 0.3) is 0 Å². The number of furan rings is 1. The van der Waals surface area contributed by atoms with E-state index in [1.807, 2.05) is 13.0 Å². The van der Waals surface area contributed by atoms with Gasteiger partial charge in [-0.25, -0.2) is 9.98 Å². The Labute approximate surface area is 145 Å². The molecule has 0 aliphatic heterocycles. The molecular formula is C16H20ClN5O2. The molecule has 2 rings (SSSR count). The minimum atomic E-state index is -0.591. The van der Waals surface area contributed by atoms with Gasteiger partial charge in [0.25, 0.3) is 5.91 Å². The number of nitrogens with one attached hydrogen (secondary N) is 2. The Kier molecular flexibility index (Phi) is 6.62. The Hall–Kier alpha value is -2.54. The van der Waals surface area contributed by atoms with Crippen molar-refractivity contribution in [3.63, 3.8) is 0 Å². The molecular weight excluding hydrogens is 330 g/mol. The second kappa shape index (κ2) is 8.93. The molecule has 1 amide bonds. The van der Waals surface area contributed by atoms with E-state index in [0.717, 1.165) is 18.5 Å². The van der Waals surface area contributed by atoms with Gasteiger partial charge in [-0.15, -0.1) is 0 Å². The van der Waals surface area contributed by atoms with Crippen molar-refractivity contribution in [3.8, 4) is 0 Å². The van der Waals surface area contributed by atoms with Gasteiger partial charge in [-0.3, -0.25) is 4.79 Å². The molecule has 0 saturated carbocycles. The number of aromatic nitrogens is 1. The van der Waals surface area contributed by atoms with Gasteiger partial charge in [-0.2, -0.15) is 0 Å². The van der Waals surface area contributed by atoms with Gasteiger partial charge in [0.05, 0.1) is 0 Å². The van der Waals surface area contributed by atoms with Gasteiger partial charge in [0.1, 0.15) is 17.5 Å². The van der Waals surface area contributed by atoms with Crippen molar-refractivity contribution in [2.24, 2.45) is 10.7 Å². The van der Waals surface area contributed by atoms with E-state index in [1.165, 1.54) is 0 Å². The van der Waals surface area contributed by atoms with Gasteiger partial charge in [0.2, 0.25) is 0 Å². The third-order valence-electron chi connectivity index (χ3n) is 3.14. The molecule has 128 valence electrons. The molecule has 0 fully saturated rings. The normalized spacial score (nSPS) is 11.3. The number of primary amides is 1. The molecule has 7 nitrogen and oxygen atoms in total. The summed E-state index contributed by atoms with van der Waals surface area (Å²) in [5.74, 6) is 0.777. The third kappa shape index (κ3) is 5.58. The van der Waals surface area contributed by atoms with Crippen molar-refractivity contribution >= 4 is 23.5 Å². The molecule has 0 saturated heterocycles. The maximum Gasteiger partial charge on any atom is 0.284 e. The van der Waals surface area contributed by atoms with E-state index >= 15 is 0 Å². The summed E-state index contributed by atoms with van der Waals surface area (Å²) in [5.41, 5.74) is 6.24. The summed E-state index contributed by atoms with van der Waals surface area (Å²) in [6, 6.07) is 6.94. The number of aliphatic imine (C=N–C) groups is 1. The molecule has 0 aliphatic rings. The van der Waals surface area contributed by atoms with Crippen LogP contribution in [0.4, 0.5) is 0 Å². The summed E-state index contributed by atoms with van der Waals surface area (Å²) in [7, 11) is 0. The van der Waals surface area contributed by atoms with Gasteiger partial charge >= 0.3 is 0 Å². The van der Waals surface area contributed by atoms with Gasteiger partial charge in [-0.1, -0.05) is 17.7 Å². The van der Waals surface area contributed by atoms with E-state index in [1.54, 1.807) is 24.4 Å². The maximum absolute atomic E-state index is 11.0. The Morgan fingerprint density at radius 2 is 2.17 bits per heavy atom. The number of halogens is 1. The van der Waals surface area contributed by atoms with Crippen LogP contribution in [0, 0.1) is 0 Å². The molecule has 0 radical (unpaired) electrons. The number of nitrogens with zero attached hydrogens (tertiary/aromatic N) is 2. The van der Waals surface area contributed by atoms with Crippen LogP contribution < -0.4 is 16.4 Å². The van der Waals surface area contributed by atoms with Crippen molar-refractivity contribution in [3.05, 3.63) is 52.7 Å². The fraction of sp³-hybridized carbons (Fsp3) is 0.312. The number of guanidine groups is 1. The summed E-state index contributed by atoms with van der Waals surface area (Å²) in [5, 5.41) is 6.86. The topological polar surface area (TPSA) is 106 Å². The van der Waals surface area contributed by atoms with E-state index in [2.05, 4.69) is 20.6 Å². The highest BCUT2D eigenvalue weighted by Gasteiger charge is 2.07. The highest BCUT2D eigenvalue weighted by atomic mass is 35.5. The second-order valence-electron chi connectivity index (χ2n) is 4.99. The lowest BCUT2D eigenvalue weighted by Gasteiger charge is -2.10. The number of nitrogens with two attached hydrogens (primary N) is 1. The van der Waals surface area contributed by atoms with E-state index in [4.69, 9.17) is 21.8 Å².